The van der Waals surface area contributed by atoms with Crippen molar-refractivity contribution in [1.29, 1.82) is 0 Å². The number of aryl methyl sites for hydroxylation is 2. The second kappa shape index (κ2) is 9.54. The van der Waals surface area contributed by atoms with E-state index in [2.05, 4.69) is 5.32 Å². The van der Waals surface area contributed by atoms with E-state index in [9.17, 15) is 26.4 Å². The average molecular weight is 462 g/mol. The minimum atomic E-state index is -4.10. The number of rotatable bonds is 7. The van der Waals surface area contributed by atoms with Crippen molar-refractivity contribution in [2.75, 3.05) is 11.9 Å². The van der Waals surface area contributed by atoms with E-state index in [1.165, 1.54) is 12.1 Å². The third kappa shape index (κ3) is 5.35. The fourth-order valence-corrected chi connectivity index (χ4v) is 4.46. The van der Waals surface area contributed by atoms with Gasteiger partial charge in [-0.3, -0.25) is 4.79 Å². The van der Waals surface area contributed by atoms with Crippen LogP contribution in [0, 0.1) is 31.3 Å². The molecule has 0 radical (unpaired) electrons. The summed E-state index contributed by atoms with van der Waals surface area (Å²) in [6.07, 6.45) is 0. The Morgan fingerprint density at radius 2 is 1.59 bits per heavy atom. The van der Waals surface area contributed by atoms with Gasteiger partial charge in [-0.1, -0.05) is 47.5 Å². The molecule has 0 aromatic heterocycles. The van der Waals surface area contributed by atoms with Crippen molar-refractivity contribution < 1.29 is 26.4 Å². The Morgan fingerprint density at radius 3 is 2.25 bits per heavy atom. The lowest BCUT2D eigenvalue weighted by molar-refractivity contribution is -0.116. The summed E-state index contributed by atoms with van der Waals surface area (Å²) in [5.74, 6) is -5.60. The highest BCUT2D eigenvalue weighted by Gasteiger charge is 2.27. The maximum absolute atomic E-state index is 13.9. The summed E-state index contributed by atoms with van der Waals surface area (Å²) >= 11 is 0. The molecule has 3 rings (SSSR count). The van der Waals surface area contributed by atoms with Crippen LogP contribution in [-0.4, -0.2) is 25.2 Å². The molecule has 0 saturated heterocycles. The first kappa shape index (κ1) is 23.5. The fourth-order valence-electron chi connectivity index (χ4n) is 3.07. The number of hydrogen-bond acceptors (Lipinski definition) is 3. The number of nitrogens with one attached hydrogen (secondary N) is 1. The van der Waals surface area contributed by atoms with Crippen molar-refractivity contribution in [2.45, 2.75) is 25.3 Å². The summed E-state index contributed by atoms with van der Waals surface area (Å²) < 4.78 is 68.0. The normalized spacial score (nSPS) is 11.6. The van der Waals surface area contributed by atoms with E-state index in [1.54, 1.807) is 30.3 Å². The molecule has 5 nitrogen and oxygen atoms in total. The van der Waals surface area contributed by atoms with Crippen LogP contribution in [0.1, 0.15) is 16.7 Å². The SMILES string of the molecule is Cc1ccc(S(=O)(=O)N(CC(=O)Nc2ccc(F)c(F)c2F)Cc2cccc(C)c2)cc1. The molecule has 0 saturated carbocycles. The molecular formula is C23H21F3N2O3S. The monoisotopic (exact) mass is 462 g/mol. The van der Waals surface area contributed by atoms with E-state index >= 15 is 0 Å². The predicted molar refractivity (Wildman–Crippen MR) is 115 cm³/mol. The van der Waals surface area contributed by atoms with Crippen molar-refractivity contribution in [3.8, 4) is 0 Å². The van der Waals surface area contributed by atoms with Gasteiger partial charge in [-0.05, 0) is 43.7 Å². The highest BCUT2D eigenvalue weighted by atomic mass is 32.2. The van der Waals surface area contributed by atoms with E-state index in [0.29, 0.717) is 11.6 Å². The molecule has 3 aromatic rings. The Kier molecular flexibility index (Phi) is 7.00. The lowest BCUT2D eigenvalue weighted by atomic mass is 10.1. The minimum Gasteiger partial charge on any atom is -0.322 e. The zero-order valence-corrected chi connectivity index (χ0v) is 18.2. The van der Waals surface area contributed by atoms with Gasteiger partial charge < -0.3 is 5.32 Å². The van der Waals surface area contributed by atoms with Gasteiger partial charge in [0.25, 0.3) is 0 Å². The van der Waals surface area contributed by atoms with Crippen molar-refractivity contribution in [3.63, 3.8) is 0 Å². The van der Waals surface area contributed by atoms with Crippen LogP contribution in [-0.2, 0) is 21.4 Å². The molecule has 9 heteroatoms. The summed E-state index contributed by atoms with van der Waals surface area (Å²) in [4.78, 5) is 12.5. The summed E-state index contributed by atoms with van der Waals surface area (Å²) in [7, 11) is -4.10. The Morgan fingerprint density at radius 1 is 0.906 bits per heavy atom. The second-order valence-corrected chi connectivity index (χ2v) is 9.28. The lowest BCUT2D eigenvalue weighted by Gasteiger charge is -2.22. The molecule has 0 bridgehead atoms. The van der Waals surface area contributed by atoms with E-state index in [0.717, 1.165) is 21.5 Å². The molecule has 0 unspecified atom stereocenters. The van der Waals surface area contributed by atoms with Gasteiger partial charge in [-0.25, -0.2) is 21.6 Å². The van der Waals surface area contributed by atoms with Crippen LogP contribution in [0.15, 0.2) is 65.6 Å². The van der Waals surface area contributed by atoms with Gasteiger partial charge in [-0.2, -0.15) is 4.31 Å². The van der Waals surface area contributed by atoms with Gasteiger partial charge in [-0.15, -0.1) is 0 Å². The van der Waals surface area contributed by atoms with Crippen LogP contribution in [0.5, 0.6) is 0 Å². The van der Waals surface area contributed by atoms with Crippen molar-refractivity contribution in [3.05, 3.63) is 94.8 Å². The zero-order valence-electron chi connectivity index (χ0n) is 17.4. The molecule has 3 aromatic carbocycles. The number of benzene rings is 3. The van der Waals surface area contributed by atoms with Crippen LogP contribution in [0.2, 0.25) is 0 Å². The molecule has 0 heterocycles. The number of nitrogens with zero attached hydrogens (tertiary/aromatic N) is 1. The average Bonchev–Trinajstić information content (AvgIpc) is 2.74. The molecule has 1 N–H and O–H groups in total. The van der Waals surface area contributed by atoms with Gasteiger partial charge in [0, 0.05) is 6.54 Å². The molecular weight excluding hydrogens is 441 g/mol. The first-order valence-corrected chi connectivity index (χ1v) is 11.1. The molecule has 0 aliphatic carbocycles. The molecule has 0 aliphatic rings. The number of hydrogen-bond donors (Lipinski definition) is 1. The predicted octanol–water partition coefficient (Wildman–Crippen LogP) is 4.55. The summed E-state index contributed by atoms with van der Waals surface area (Å²) in [5.41, 5.74) is 1.83. The van der Waals surface area contributed by atoms with E-state index in [1.807, 2.05) is 19.9 Å². The van der Waals surface area contributed by atoms with Gasteiger partial charge >= 0.3 is 0 Å². The third-order valence-electron chi connectivity index (χ3n) is 4.73. The number of amides is 1. The van der Waals surface area contributed by atoms with Crippen molar-refractivity contribution in [1.82, 2.24) is 4.31 Å². The van der Waals surface area contributed by atoms with Crippen LogP contribution in [0.3, 0.4) is 0 Å². The Balaban J connectivity index is 1.90. The molecule has 32 heavy (non-hydrogen) atoms. The lowest BCUT2D eigenvalue weighted by Crippen LogP contribution is -2.37. The summed E-state index contributed by atoms with van der Waals surface area (Å²) in [6, 6.07) is 14.8. The molecule has 0 atom stereocenters. The molecule has 168 valence electrons. The van der Waals surface area contributed by atoms with Crippen molar-refractivity contribution in [2.24, 2.45) is 0 Å². The Labute approximate surface area is 184 Å². The molecule has 0 aliphatic heterocycles. The Hall–Kier alpha value is -3.17. The maximum Gasteiger partial charge on any atom is 0.243 e. The van der Waals surface area contributed by atoms with Crippen LogP contribution in [0.25, 0.3) is 0 Å². The topological polar surface area (TPSA) is 66.5 Å². The number of carbonyl (C=O) groups excluding carboxylic acids is 1. The van der Waals surface area contributed by atoms with Crippen LogP contribution in [0.4, 0.5) is 18.9 Å². The van der Waals surface area contributed by atoms with Crippen LogP contribution >= 0.6 is 0 Å². The van der Waals surface area contributed by atoms with Gasteiger partial charge in [0.2, 0.25) is 15.9 Å². The quantitative estimate of drug-likeness (QED) is 0.524. The fraction of sp³-hybridized carbons (Fsp3) is 0.174. The number of anilines is 1. The first-order valence-electron chi connectivity index (χ1n) is 9.63. The third-order valence-corrected chi connectivity index (χ3v) is 6.54. The maximum atomic E-state index is 13.9. The van der Waals surface area contributed by atoms with E-state index in [4.69, 9.17) is 0 Å². The number of carbonyl (C=O) groups is 1. The summed E-state index contributed by atoms with van der Waals surface area (Å²) in [6.45, 7) is 2.87. The van der Waals surface area contributed by atoms with E-state index < -0.39 is 45.6 Å². The largest absolute Gasteiger partial charge is 0.322 e. The Bertz CT molecular complexity index is 1250. The number of sulfonamides is 1. The van der Waals surface area contributed by atoms with Crippen LogP contribution < -0.4 is 5.32 Å². The molecule has 0 fully saturated rings. The highest BCUT2D eigenvalue weighted by Crippen LogP contribution is 2.22. The molecule has 1 amide bonds. The number of halogens is 3. The minimum absolute atomic E-state index is 0.0115. The van der Waals surface area contributed by atoms with Gasteiger partial charge in [0.1, 0.15) is 0 Å². The first-order chi connectivity index (χ1) is 15.1. The second-order valence-electron chi connectivity index (χ2n) is 7.35. The highest BCUT2D eigenvalue weighted by molar-refractivity contribution is 7.89. The standard InChI is InChI=1S/C23H21F3N2O3S/c1-15-6-8-18(9-7-15)32(30,31)28(13-17-5-3-4-16(2)12-17)14-21(29)27-20-11-10-19(24)22(25)23(20)26/h3-12H,13-14H2,1-2H3,(H,27,29). The van der Waals surface area contributed by atoms with Gasteiger partial charge in [0.15, 0.2) is 17.5 Å². The molecule has 0 spiro atoms. The summed E-state index contributed by atoms with van der Waals surface area (Å²) in [5, 5.41) is 2.11. The van der Waals surface area contributed by atoms with Crippen molar-refractivity contribution >= 4 is 21.6 Å². The van der Waals surface area contributed by atoms with E-state index in [-0.39, 0.29) is 11.4 Å². The smallest absolute Gasteiger partial charge is 0.243 e. The van der Waals surface area contributed by atoms with Gasteiger partial charge in [0.05, 0.1) is 17.1 Å². The zero-order chi connectivity index (χ0) is 23.5.